The minimum atomic E-state index is -0.233. The molecule has 0 saturated heterocycles. The van der Waals surface area contributed by atoms with Crippen LogP contribution in [0.4, 0.5) is 10.5 Å². The molecule has 0 aliphatic heterocycles. The number of benzene rings is 1. The Morgan fingerprint density at radius 2 is 2.21 bits per heavy atom. The molecule has 0 saturated carbocycles. The monoisotopic (exact) mass is 281 g/mol. The predicted molar refractivity (Wildman–Crippen MR) is 80.7 cm³/mol. The van der Waals surface area contributed by atoms with Crippen LogP contribution in [0.3, 0.4) is 0 Å². The second-order valence-electron chi connectivity index (χ2n) is 4.04. The van der Waals surface area contributed by atoms with Crippen LogP contribution < -0.4 is 21.1 Å². The van der Waals surface area contributed by atoms with Gasteiger partial charge in [0.2, 0.25) is 0 Å². The molecule has 0 radical (unpaired) electrons. The molecule has 0 aromatic heterocycles. The van der Waals surface area contributed by atoms with Crippen LogP contribution in [-0.4, -0.2) is 24.7 Å². The maximum Gasteiger partial charge on any atom is 0.319 e. The lowest BCUT2D eigenvalue weighted by Crippen LogP contribution is -2.29. The number of amides is 2. The van der Waals surface area contributed by atoms with E-state index in [4.69, 9.17) is 22.7 Å². The van der Waals surface area contributed by atoms with Gasteiger partial charge in [-0.15, -0.1) is 0 Å². The molecular weight excluding hydrogens is 262 g/mol. The van der Waals surface area contributed by atoms with Crippen molar-refractivity contribution in [3.05, 3.63) is 24.3 Å². The molecule has 1 aromatic carbocycles. The minimum Gasteiger partial charge on any atom is -0.497 e. The number of ether oxygens (including phenoxy) is 1. The van der Waals surface area contributed by atoms with E-state index in [2.05, 4.69) is 10.6 Å². The molecule has 0 fully saturated rings. The second kappa shape index (κ2) is 8.31. The normalized spacial score (nSPS) is 9.74. The Morgan fingerprint density at radius 1 is 1.42 bits per heavy atom. The molecule has 1 aromatic rings. The molecule has 6 heteroatoms. The maximum atomic E-state index is 11.6. The molecule has 0 spiro atoms. The summed E-state index contributed by atoms with van der Waals surface area (Å²) in [6.45, 7) is 0.596. The Hall–Kier alpha value is -1.82. The highest BCUT2D eigenvalue weighted by molar-refractivity contribution is 7.80. The molecule has 5 nitrogen and oxygen atoms in total. The molecule has 1 rings (SSSR count). The van der Waals surface area contributed by atoms with Crippen LogP contribution in [0, 0.1) is 0 Å². The van der Waals surface area contributed by atoms with Crippen molar-refractivity contribution < 1.29 is 9.53 Å². The molecule has 0 atom stereocenters. The molecule has 104 valence electrons. The number of anilines is 1. The first-order valence-electron chi connectivity index (χ1n) is 6.09. The van der Waals surface area contributed by atoms with E-state index >= 15 is 0 Å². The summed E-state index contributed by atoms with van der Waals surface area (Å²) in [7, 11) is 1.58. The number of thiocarbonyl (C=S) groups is 1. The lowest BCUT2D eigenvalue weighted by molar-refractivity contribution is 0.252. The van der Waals surface area contributed by atoms with Crippen molar-refractivity contribution in [1.29, 1.82) is 0 Å². The van der Waals surface area contributed by atoms with Crippen molar-refractivity contribution in [2.75, 3.05) is 19.0 Å². The van der Waals surface area contributed by atoms with E-state index in [1.807, 2.05) is 12.1 Å². The topological polar surface area (TPSA) is 76.4 Å². The van der Waals surface area contributed by atoms with Crippen LogP contribution in [0.1, 0.15) is 19.3 Å². The first-order chi connectivity index (χ1) is 9.11. The van der Waals surface area contributed by atoms with Crippen LogP contribution in [0.15, 0.2) is 24.3 Å². The number of rotatable bonds is 7. The van der Waals surface area contributed by atoms with Gasteiger partial charge in [0.1, 0.15) is 5.75 Å². The SMILES string of the molecule is COc1cccc(NC(=O)NCCCCC(N)=S)c1. The number of carbonyl (C=O) groups excluding carboxylic acids is 1. The molecule has 4 N–H and O–H groups in total. The van der Waals surface area contributed by atoms with Gasteiger partial charge in [0.15, 0.2) is 0 Å². The zero-order valence-electron chi connectivity index (χ0n) is 10.9. The van der Waals surface area contributed by atoms with Crippen molar-refractivity contribution in [2.24, 2.45) is 5.73 Å². The molecule has 0 bridgehead atoms. The average molecular weight is 281 g/mol. The van der Waals surface area contributed by atoms with Gasteiger partial charge < -0.3 is 21.1 Å². The Bertz CT molecular complexity index is 438. The number of urea groups is 1. The van der Waals surface area contributed by atoms with Crippen molar-refractivity contribution in [3.8, 4) is 5.75 Å². The Balaban J connectivity index is 2.25. The Kier molecular flexibility index (Phi) is 6.67. The van der Waals surface area contributed by atoms with Gasteiger partial charge in [-0.3, -0.25) is 0 Å². The Labute approximate surface area is 118 Å². The summed E-state index contributed by atoms with van der Waals surface area (Å²) in [4.78, 5) is 12.1. The van der Waals surface area contributed by atoms with Gasteiger partial charge in [-0.2, -0.15) is 0 Å². The summed E-state index contributed by atoms with van der Waals surface area (Å²) in [5.74, 6) is 0.703. The second-order valence-corrected chi connectivity index (χ2v) is 4.56. The summed E-state index contributed by atoms with van der Waals surface area (Å²) >= 11 is 4.77. The number of unbranched alkanes of at least 4 members (excludes halogenated alkanes) is 1. The third-order valence-electron chi connectivity index (χ3n) is 2.46. The fourth-order valence-electron chi connectivity index (χ4n) is 1.50. The largest absolute Gasteiger partial charge is 0.497 e. The molecule has 0 unspecified atom stereocenters. The van der Waals surface area contributed by atoms with Gasteiger partial charge in [0.25, 0.3) is 0 Å². The van der Waals surface area contributed by atoms with Crippen LogP contribution in [0.5, 0.6) is 5.75 Å². The maximum absolute atomic E-state index is 11.6. The zero-order chi connectivity index (χ0) is 14.1. The standard InChI is InChI=1S/C13H19N3O2S/c1-18-11-6-4-5-10(9-11)16-13(17)15-8-3-2-7-12(14)19/h4-6,9H,2-3,7-8H2,1H3,(H2,14,19)(H2,15,16,17). The fourth-order valence-corrected chi connectivity index (χ4v) is 1.65. The highest BCUT2D eigenvalue weighted by Gasteiger charge is 2.01. The highest BCUT2D eigenvalue weighted by Crippen LogP contribution is 2.16. The zero-order valence-corrected chi connectivity index (χ0v) is 11.8. The van der Waals surface area contributed by atoms with E-state index in [1.165, 1.54) is 0 Å². The smallest absolute Gasteiger partial charge is 0.319 e. The minimum absolute atomic E-state index is 0.233. The quantitative estimate of drug-likeness (QED) is 0.529. The lowest BCUT2D eigenvalue weighted by Gasteiger charge is -2.08. The van der Waals surface area contributed by atoms with E-state index in [-0.39, 0.29) is 6.03 Å². The van der Waals surface area contributed by atoms with E-state index in [0.717, 1.165) is 12.8 Å². The van der Waals surface area contributed by atoms with Crippen molar-refractivity contribution in [2.45, 2.75) is 19.3 Å². The number of nitrogens with one attached hydrogen (secondary N) is 2. The summed E-state index contributed by atoms with van der Waals surface area (Å²) in [6.07, 6.45) is 2.45. The van der Waals surface area contributed by atoms with E-state index in [9.17, 15) is 4.79 Å². The van der Waals surface area contributed by atoms with Gasteiger partial charge in [0.05, 0.1) is 12.1 Å². The molecule has 2 amide bonds. The predicted octanol–water partition coefficient (Wildman–Crippen LogP) is 2.27. The van der Waals surface area contributed by atoms with Gasteiger partial charge in [-0.05, 0) is 31.4 Å². The Morgan fingerprint density at radius 3 is 2.89 bits per heavy atom. The summed E-state index contributed by atoms with van der Waals surface area (Å²) in [6, 6.07) is 6.96. The molecule has 0 aliphatic carbocycles. The number of methoxy groups -OCH3 is 1. The van der Waals surface area contributed by atoms with Crippen LogP contribution in [0.25, 0.3) is 0 Å². The van der Waals surface area contributed by atoms with Crippen LogP contribution >= 0.6 is 12.2 Å². The first kappa shape index (κ1) is 15.2. The van der Waals surface area contributed by atoms with Crippen molar-refractivity contribution >= 4 is 28.9 Å². The number of hydrogen-bond donors (Lipinski definition) is 3. The van der Waals surface area contributed by atoms with Crippen LogP contribution in [0.2, 0.25) is 0 Å². The average Bonchev–Trinajstić information content (AvgIpc) is 2.38. The van der Waals surface area contributed by atoms with E-state index < -0.39 is 0 Å². The summed E-state index contributed by atoms with van der Waals surface area (Å²) in [5, 5.41) is 5.50. The summed E-state index contributed by atoms with van der Waals surface area (Å²) < 4.78 is 5.08. The first-order valence-corrected chi connectivity index (χ1v) is 6.50. The van der Waals surface area contributed by atoms with Gasteiger partial charge in [0, 0.05) is 18.3 Å². The van der Waals surface area contributed by atoms with Crippen molar-refractivity contribution in [1.82, 2.24) is 5.32 Å². The number of nitrogens with two attached hydrogens (primary N) is 1. The third-order valence-corrected chi connectivity index (χ3v) is 2.67. The molecule has 0 aliphatic rings. The summed E-state index contributed by atoms with van der Waals surface area (Å²) in [5.41, 5.74) is 6.08. The van der Waals surface area contributed by atoms with Gasteiger partial charge in [-0.1, -0.05) is 18.3 Å². The molecule has 0 heterocycles. The lowest BCUT2D eigenvalue weighted by atomic mass is 10.2. The van der Waals surface area contributed by atoms with Gasteiger partial charge in [-0.25, -0.2) is 4.79 Å². The number of hydrogen-bond acceptors (Lipinski definition) is 3. The number of carbonyl (C=O) groups is 1. The third kappa shape index (κ3) is 6.61. The van der Waals surface area contributed by atoms with Crippen molar-refractivity contribution in [3.63, 3.8) is 0 Å². The van der Waals surface area contributed by atoms with Crippen LogP contribution in [-0.2, 0) is 0 Å². The highest BCUT2D eigenvalue weighted by atomic mass is 32.1. The molecular formula is C13H19N3O2S. The van der Waals surface area contributed by atoms with Gasteiger partial charge >= 0.3 is 6.03 Å². The van der Waals surface area contributed by atoms with E-state index in [0.29, 0.717) is 29.4 Å². The fraction of sp³-hybridized carbons (Fsp3) is 0.385. The van der Waals surface area contributed by atoms with E-state index in [1.54, 1.807) is 19.2 Å². The molecule has 19 heavy (non-hydrogen) atoms.